The topological polar surface area (TPSA) is 64.8 Å². The molecule has 5 nitrogen and oxygen atoms in total. The maximum absolute atomic E-state index is 12.7. The first-order chi connectivity index (χ1) is 11.1. The summed E-state index contributed by atoms with van der Waals surface area (Å²) >= 11 is 6.03. The molecule has 1 aliphatic rings. The minimum atomic E-state index is -0.102. The molecular formula is C17H25ClN2O3. The Labute approximate surface area is 142 Å². The normalized spacial score (nSPS) is 17.8. The van der Waals surface area contributed by atoms with Gasteiger partial charge in [0.1, 0.15) is 12.4 Å². The van der Waals surface area contributed by atoms with Crippen LogP contribution in [0.5, 0.6) is 5.75 Å². The number of carbonyl (C=O) groups is 1. The predicted molar refractivity (Wildman–Crippen MR) is 91.2 cm³/mol. The van der Waals surface area contributed by atoms with E-state index in [9.17, 15) is 4.79 Å². The molecule has 23 heavy (non-hydrogen) atoms. The lowest BCUT2D eigenvalue weighted by atomic mass is 10.1. The molecule has 6 heteroatoms. The standard InChI is InChI=1S/C17H25ClN2O3/c1-20(9-7-14-4-2-3-10-22-14)17(21)15-12-13(18)5-6-16(15)23-11-8-19/h5-6,12,14H,2-4,7-11,19H2,1H3/t14-/m1/s1. The Morgan fingerprint density at radius 2 is 2.30 bits per heavy atom. The number of amides is 1. The highest BCUT2D eigenvalue weighted by molar-refractivity contribution is 6.31. The van der Waals surface area contributed by atoms with Crippen LogP contribution in [0, 0.1) is 0 Å². The molecule has 1 saturated heterocycles. The van der Waals surface area contributed by atoms with Gasteiger partial charge < -0.3 is 20.1 Å². The summed E-state index contributed by atoms with van der Waals surface area (Å²) in [4.78, 5) is 14.4. The van der Waals surface area contributed by atoms with Crippen LogP contribution in [0.2, 0.25) is 5.02 Å². The zero-order chi connectivity index (χ0) is 16.7. The molecule has 1 amide bonds. The predicted octanol–water partition coefficient (Wildman–Crippen LogP) is 2.71. The molecule has 1 aromatic rings. The number of nitrogens with zero attached hydrogens (tertiary/aromatic N) is 1. The first-order valence-corrected chi connectivity index (χ1v) is 8.49. The Kier molecular flexibility index (Phi) is 7.15. The maximum atomic E-state index is 12.7. The molecule has 0 saturated carbocycles. The van der Waals surface area contributed by atoms with Gasteiger partial charge in [0.2, 0.25) is 0 Å². The fourth-order valence-electron chi connectivity index (χ4n) is 2.64. The maximum Gasteiger partial charge on any atom is 0.257 e. The lowest BCUT2D eigenvalue weighted by Gasteiger charge is -2.25. The molecule has 0 aliphatic carbocycles. The molecular weight excluding hydrogens is 316 g/mol. The molecule has 2 N–H and O–H groups in total. The number of hydrogen-bond acceptors (Lipinski definition) is 4. The van der Waals surface area contributed by atoms with E-state index in [1.54, 1.807) is 30.1 Å². The summed E-state index contributed by atoms with van der Waals surface area (Å²) in [6.07, 6.45) is 4.51. The van der Waals surface area contributed by atoms with Gasteiger partial charge in [-0.15, -0.1) is 0 Å². The van der Waals surface area contributed by atoms with Crippen molar-refractivity contribution >= 4 is 17.5 Å². The van der Waals surface area contributed by atoms with Crippen LogP contribution in [-0.4, -0.2) is 50.3 Å². The van der Waals surface area contributed by atoms with E-state index in [2.05, 4.69) is 0 Å². The van der Waals surface area contributed by atoms with Crippen molar-refractivity contribution in [1.29, 1.82) is 0 Å². The van der Waals surface area contributed by atoms with Crippen molar-refractivity contribution in [3.63, 3.8) is 0 Å². The molecule has 0 radical (unpaired) electrons. The quantitative estimate of drug-likeness (QED) is 0.828. The second kappa shape index (κ2) is 9.11. The van der Waals surface area contributed by atoms with Gasteiger partial charge in [0.05, 0.1) is 11.7 Å². The van der Waals surface area contributed by atoms with Crippen molar-refractivity contribution < 1.29 is 14.3 Å². The fourth-order valence-corrected chi connectivity index (χ4v) is 2.82. The largest absolute Gasteiger partial charge is 0.491 e. The number of nitrogens with two attached hydrogens (primary N) is 1. The highest BCUT2D eigenvalue weighted by Crippen LogP contribution is 2.24. The van der Waals surface area contributed by atoms with Gasteiger partial charge in [-0.3, -0.25) is 4.79 Å². The first kappa shape index (κ1) is 18.0. The van der Waals surface area contributed by atoms with E-state index in [1.807, 2.05) is 0 Å². The monoisotopic (exact) mass is 340 g/mol. The van der Waals surface area contributed by atoms with Gasteiger partial charge in [-0.25, -0.2) is 0 Å². The minimum Gasteiger partial charge on any atom is -0.491 e. The lowest BCUT2D eigenvalue weighted by molar-refractivity contribution is 0.00707. The summed E-state index contributed by atoms with van der Waals surface area (Å²) in [6, 6.07) is 5.06. The van der Waals surface area contributed by atoms with E-state index in [-0.39, 0.29) is 12.0 Å². The number of carbonyl (C=O) groups excluding carboxylic acids is 1. The van der Waals surface area contributed by atoms with Gasteiger partial charge in [0.25, 0.3) is 5.91 Å². The van der Waals surface area contributed by atoms with Gasteiger partial charge >= 0.3 is 0 Å². The SMILES string of the molecule is CN(CC[C@H]1CCCCO1)C(=O)c1cc(Cl)ccc1OCCN. The summed E-state index contributed by atoms with van der Waals surface area (Å²) < 4.78 is 11.3. The van der Waals surface area contributed by atoms with Crippen molar-refractivity contribution in [1.82, 2.24) is 4.90 Å². The molecule has 0 bridgehead atoms. The van der Waals surface area contributed by atoms with Gasteiger partial charge in [-0.05, 0) is 43.9 Å². The van der Waals surface area contributed by atoms with Crippen LogP contribution < -0.4 is 10.5 Å². The second-order valence-corrected chi connectivity index (χ2v) is 6.22. The molecule has 128 valence electrons. The minimum absolute atomic E-state index is 0.102. The average Bonchev–Trinajstić information content (AvgIpc) is 2.58. The van der Waals surface area contributed by atoms with Crippen molar-refractivity contribution in [2.45, 2.75) is 31.8 Å². The molecule has 1 aliphatic heterocycles. The van der Waals surface area contributed by atoms with Crippen molar-refractivity contribution in [3.05, 3.63) is 28.8 Å². The highest BCUT2D eigenvalue weighted by atomic mass is 35.5. The summed E-state index contributed by atoms with van der Waals surface area (Å²) in [5, 5.41) is 0.512. The molecule has 1 atom stereocenters. The Hall–Kier alpha value is -1.30. The molecule has 0 aromatic heterocycles. The molecule has 0 unspecified atom stereocenters. The number of rotatable bonds is 7. The van der Waals surface area contributed by atoms with Crippen molar-refractivity contribution in [2.24, 2.45) is 5.73 Å². The summed E-state index contributed by atoms with van der Waals surface area (Å²) in [5.74, 6) is 0.418. The third-order valence-electron chi connectivity index (χ3n) is 3.95. The Balaban J connectivity index is 1.98. The third kappa shape index (κ3) is 5.37. The second-order valence-electron chi connectivity index (χ2n) is 5.78. The molecule has 1 fully saturated rings. The van der Waals surface area contributed by atoms with E-state index >= 15 is 0 Å². The van der Waals surface area contributed by atoms with Crippen LogP contribution >= 0.6 is 11.6 Å². The van der Waals surface area contributed by atoms with E-state index < -0.39 is 0 Å². The molecule has 2 rings (SSSR count). The van der Waals surface area contributed by atoms with Crippen LogP contribution in [0.1, 0.15) is 36.0 Å². The molecule has 1 heterocycles. The summed E-state index contributed by atoms with van der Waals surface area (Å²) in [6.45, 7) is 2.23. The Morgan fingerprint density at radius 3 is 3.00 bits per heavy atom. The zero-order valence-electron chi connectivity index (χ0n) is 13.6. The van der Waals surface area contributed by atoms with Gasteiger partial charge in [0.15, 0.2) is 0 Å². The van der Waals surface area contributed by atoms with Crippen molar-refractivity contribution in [3.8, 4) is 5.75 Å². The Bertz CT molecular complexity index is 519. The fraction of sp³-hybridized carbons (Fsp3) is 0.588. The summed E-state index contributed by atoms with van der Waals surface area (Å²) in [5.41, 5.74) is 5.93. The lowest BCUT2D eigenvalue weighted by Crippen LogP contribution is -2.32. The van der Waals surface area contributed by atoms with Crippen LogP contribution in [-0.2, 0) is 4.74 Å². The third-order valence-corrected chi connectivity index (χ3v) is 4.19. The summed E-state index contributed by atoms with van der Waals surface area (Å²) in [7, 11) is 1.79. The first-order valence-electron chi connectivity index (χ1n) is 8.11. The van der Waals surface area contributed by atoms with E-state index in [0.717, 1.165) is 25.9 Å². The average molecular weight is 341 g/mol. The van der Waals surface area contributed by atoms with E-state index in [0.29, 0.717) is 36.0 Å². The van der Waals surface area contributed by atoms with Gasteiger partial charge in [-0.2, -0.15) is 0 Å². The number of ether oxygens (including phenoxy) is 2. The van der Waals surface area contributed by atoms with Crippen LogP contribution in [0.3, 0.4) is 0 Å². The van der Waals surface area contributed by atoms with E-state index in [1.165, 1.54) is 6.42 Å². The number of halogens is 1. The number of benzene rings is 1. The van der Waals surface area contributed by atoms with Crippen LogP contribution in [0.4, 0.5) is 0 Å². The highest BCUT2D eigenvalue weighted by Gasteiger charge is 2.20. The number of hydrogen-bond donors (Lipinski definition) is 1. The zero-order valence-corrected chi connectivity index (χ0v) is 14.3. The van der Waals surface area contributed by atoms with Gasteiger partial charge in [0, 0.05) is 31.8 Å². The molecule has 0 spiro atoms. The molecule has 1 aromatic carbocycles. The smallest absolute Gasteiger partial charge is 0.257 e. The van der Waals surface area contributed by atoms with Crippen molar-refractivity contribution in [2.75, 3.05) is 33.4 Å². The van der Waals surface area contributed by atoms with Gasteiger partial charge in [-0.1, -0.05) is 11.6 Å². The van der Waals surface area contributed by atoms with Crippen LogP contribution in [0.15, 0.2) is 18.2 Å². The van der Waals surface area contributed by atoms with E-state index in [4.69, 9.17) is 26.8 Å². The van der Waals surface area contributed by atoms with Crippen LogP contribution in [0.25, 0.3) is 0 Å². The Morgan fingerprint density at radius 1 is 1.48 bits per heavy atom.